The average Bonchev–Trinajstić information content (AvgIpc) is 2.22. The fraction of sp³-hybridized carbons (Fsp3) is 0.615. The molecule has 0 saturated carbocycles. The summed E-state index contributed by atoms with van der Waals surface area (Å²) < 4.78 is 0. The van der Waals surface area contributed by atoms with E-state index in [0.717, 1.165) is 18.7 Å². The molecular weight excluding hydrogens is 255 g/mol. The molecule has 0 aromatic carbocycles. The van der Waals surface area contributed by atoms with Gasteiger partial charge in [-0.05, 0) is 38.4 Å². The summed E-state index contributed by atoms with van der Waals surface area (Å²) in [6.07, 6.45) is 1.16. The molecule has 1 heterocycles. The molecule has 0 aliphatic heterocycles. The van der Waals surface area contributed by atoms with Gasteiger partial charge < -0.3 is 0 Å². The van der Waals surface area contributed by atoms with Gasteiger partial charge in [-0.15, -0.1) is 0 Å². The maximum atomic E-state index is 6.10. The van der Waals surface area contributed by atoms with E-state index >= 15 is 0 Å². The number of nitrogens with zero attached hydrogens (tertiary/aromatic N) is 2. The molecule has 0 bridgehead atoms. The number of hydrogen-bond acceptors (Lipinski definition) is 2. The van der Waals surface area contributed by atoms with Crippen molar-refractivity contribution in [1.29, 1.82) is 0 Å². The van der Waals surface area contributed by atoms with Gasteiger partial charge in [0.1, 0.15) is 5.15 Å². The van der Waals surface area contributed by atoms with Gasteiger partial charge in [-0.25, -0.2) is 4.98 Å². The smallest absolute Gasteiger partial charge is 0.129 e. The lowest BCUT2D eigenvalue weighted by Gasteiger charge is -2.26. The Bertz CT molecular complexity index is 366. The molecule has 1 rings (SSSR count). The summed E-state index contributed by atoms with van der Waals surface area (Å²) in [7, 11) is 2.09. The van der Waals surface area contributed by atoms with Gasteiger partial charge in [0.05, 0.1) is 10.7 Å². The molecule has 0 aliphatic rings. The maximum absolute atomic E-state index is 6.10. The first-order valence-corrected chi connectivity index (χ1v) is 6.67. The predicted octanol–water partition coefficient (Wildman–Crippen LogP) is 4.25. The van der Waals surface area contributed by atoms with Gasteiger partial charge in [-0.3, -0.25) is 4.90 Å². The summed E-state index contributed by atoms with van der Waals surface area (Å²) in [5.74, 6) is 0.690. The summed E-state index contributed by atoms with van der Waals surface area (Å²) in [6, 6.07) is 4.02. The summed E-state index contributed by atoms with van der Waals surface area (Å²) >= 11 is 12.0. The van der Waals surface area contributed by atoms with Gasteiger partial charge in [-0.1, -0.05) is 37.0 Å². The molecule has 0 saturated heterocycles. The molecule has 0 fully saturated rings. The SMILES string of the molecule is CC(C)CC(C)N(C)Cc1nc(Cl)ccc1Cl. The molecule has 0 N–H and O–H groups in total. The van der Waals surface area contributed by atoms with E-state index in [1.165, 1.54) is 0 Å². The minimum atomic E-state index is 0.495. The topological polar surface area (TPSA) is 16.1 Å². The summed E-state index contributed by atoms with van der Waals surface area (Å²) in [6.45, 7) is 7.41. The van der Waals surface area contributed by atoms with E-state index in [-0.39, 0.29) is 0 Å². The first kappa shape index (κ1) is 14.7. The van der Waals surface area contributed by atoms with E-state index < -0.39 is 0 Å². The number of rotatable bonds is 5. The summed E-state index contributed by atoms with van der Waals surface area (Å²) in [5.41, 5.74) is 0.845. The van der Waals surface area contributed by atoms with Crippen LogP contribution in [0.25, 0.3) is 0 Å². The zero-order valence-electron chi connectivity index (χ0n) is 10.9. The van der Waals surface area contributed by atoms with Crippen LogP contribution in [0.1, 0.15) is 32.9 Å². The monoisotopic (exact) mass is 274 g/mol. The molecular formula is C13H20Cl2N2. The summed E-state index contributed by atoms with van der Waals surface area (Å²) in [4.78, 5) is 6.52. The molecule has 0 radical (unpaired) electrons. The third-order valence-corrected chi connectivity index (χ3v) is 3.40. The van der Waals surface area contributed by atoms with E-state index in [9.17, 15) is 0 Å². The summed E-state index contributed by atoms with van der Waals surface area (Å²) in [5, 5.41) is 1.17. The Hall–Kier alpha value is -0.310. The van der Waals surface area contributed by atoms with Crippen LogP contribution < -0.4 is 0 Å². The van der Waals surface area contributed by atoms with Crippen LogP contribution in [0.3, 0.4) is 0 Å². The molecule has 0 aliphatic carbocycles. The Morgan fingerprint density at radius 1 is 1.24 bits per heavy atom. The lowest BCUT2D eigenvalue weighted by molar-refractivity contribution is 0.218. The zero-order chi connectivity index (χ0) is 13.0. The van der Waals surface area contributed by atoms with Crippen molar-refractivity contribution < 1.29 is 0 Å². The van der Waals surface area contributed by atoms with Gasteiger partial charge in [0.15, 0.2) is 0 Å². The van der Waals surface area contributed by atoms with E-state index in [4.69, 9.17) is 23.2 Å². The Morgan fingerprint density at radius 3 is 2.47 bits per heavy atom. The molecule has 1 atom stereocenters. The van der Waals surface area contributed by atoms with Crippen LogP contribution in [0.2, 0.25) is 10.2 Å². The van der Waals surface area contributed by atoms with E-state index in [0.29, 0.717) is 22.1 Å². The number of halogens is 2. The first-order chi connectivity index (χ1) is 7.90. The lowest BCUT2D eigenvalue weighted by Crippen LogP contribution is -2.30. The van der Waals surface area contributed by atoms with Crippen LogP contribution >= 0.6 is 23.2 Å². The molecule has 0 amide bonds. The minimum absolute atomic E-state index is 0.495. The highest BCUT2D eigenvalue weighted by Crippen LogP contribution is 2.20. The largest absolute Gasteiger partial charge is 0.298 e. The first-order valence-electron chi connectivity index (χ1n) is 5.91. The zero-order valence-corrected chi connectivity index (χ0v) is 12.4. The highest BCUT2D eigenvalue weighted by molar-refractivity contribution is 6.32. The van der Waals surface area contributed by atoms with Crippen LogP contribution in [0.15, 0.2) is 12.1 Å². The number of aromatic nitrogens is 1. The van der Waals surface area contributed by atoms with Crippen molar-refractivity contribution in [3.05, 3.63) is 28.0 Å². The third-order valence-electron chi connectivity index (χ3n) is 2.85. The fourth-order valence-electron chi connectivity index (χ4n) is 1.82. The van der Waals surface area contributed by atoms with Crippen molar-refractivity contribution in [3.63, 3.8) is 0 Å². The van der Waals surface area contributed by atoms with Crippen molar-refractivity contribution in [2.45, 2.75) is 39.8 Å². The van der Waals surface area contributed by atoms with Crippen molar-refractivity contribution in [2.24, 2.45) is 5.92 Å². The predicted molar refractivity (Wildman–Crippen MR) is 74.6 cm³/mol. The van der Waals surface area contributed by atoms with Crippen LogP contribution in [0.4, 0.5) is 0 Å². The quantitative estimate of drug-likeness (QED) is 0.746. The molecule has 1 aromatic rings. The molecule has 4 heteroatoms. The Labute approximate surface area is 114 Å². The molecule has 0 spiro atoms. The Kier molecular flexibility index (Phi) is 5.71. The third kappa shape index (κ3) is 4.82. The normalized spacial score (nSPS) is 13.4. The molecule has 96 valence electrons. The van der Waals surface area contributed by atoms with Crippen LogP contribution in [-0.2, 0) is 6.54 Å². The second-order valence-corrected chi connectivity index (χ2v) is 5.75. The minimum Gasteiger partial charge on any atom is -0.298 e. The molecule has 1 aromatic heterocycles. The Morgan fingerprint density at radius 2 is 1.88 bits per heavy atom. The second kappa shape index (κ2) is 6.58. The van der Waals surface area contributed by atoms with E-state index in [2.05, 4.69) is 37.7 Å². The number of pyridine rings is 1. The lowest BCUT2D eigenvalue weighted by atomic mass is 10.0. The van der Waals surface area contributed by atoms with E-state index in [1.54, 1.807) is 12.1 Å². The van der Waals surface area contributed by atoms with Gasteiger partial charge in [0, 0.05) is 12.6 Å². The highest BCUT2D eigenvalue weighted by atomic mass is 35.5. The van der Waals surface area contributed by atoms with Gasteiger partial charge in [0.25, 0.3) is 0 Å². The molecule has 1 unspecified atom stereocenters. The van der Waals surface area contributed by atoms with Gasteiger partial charge in [0.2, 0.25) is 0 Å². The van der Waals surface area contributed by atoms with Gasteiger partial charge >= 0.3 is 0 Å². The van der Waals surface area contributed by atoms with E-state index in [1.807, 2.05) is 0 Å². The fourth-order valence-corrected chi connectivity index (χ4v) is 2.15. The van der Waals surface area contributed by atoms with Crippen LogP contribution in [0.5, 0.6) is 0 Å². The van der Waals surface area contributed by atoms with Crippen molar-refractivity contribution in [1.82, 2.24) is 9.88 Å². The van der Waals surface area contributed by atoms with Crippen molar-refractivity contribution in [2.75, 3.05) is 7.05 Å². The van der Waals surface area contributed by atoms with Crippen LogP contribution in [-0.4, -0.2) is 23.0 Å². The second-order valence-electron chi connectivity index (χ2n) is 4.96. The average molecular weight is 275 g/mol. The molecule has 17 heavy (non-hydrogen) atoms. The number of hydrogen-bond donors (Lipinski definition) is 0. The molecule has 2 nitrogen and oxygen atoms in total. The van der Waals surface area contributed by atoms with Crippen molar-refractivity contribution in [3.8, 4) is 0 Å². The standard InChI is InChI=1S/C13H20Cl2N2/c1-9(2)7-10(3)17(4)8-12-11(14)5-6-13(15)16-12/h5-6,9-10H,7-8H2,1-4H3. The van der Waals surface area contributed by atoms with Crippen molar-refractivity contribution >= 4 is 23.2 Å². The van der Waals surface area contributed by atoms with Crippen LogP contribution in [0, 0.1) is 5.92 Å². The Balaban J connectivity index is 2.67. The maximum Gasteiger partial charge on any atom is 0.129 e. The highest BCUT2D eigenvalue weighted by Gasteiger charge is 2.13. The van der Waals surface area contributed by atoms with Gasteiger partial charge in [-0.2, -0.15) is 0 Å².